The normalized spacial score (nSPS) is 26.6. The Kier molecular flexibility index (Phi) is 57.3. The number of rotatable bonds is 66. The number of allylic oxidation sites excluding steroid dienone is 6. The van der Waals surface area contributed by atoms with Gasteiger partial charge in [0.2, 0.25) is 5.91 Å². The summed E-state index contributed by atoms with van der Waals surface area (Å²) in [7, 11) is 0. The fraction of sp³-hybridized carbons (Fsp3) is 0.914. The molecule has 0 aromatic carbocycles. The van der Waals surface area contributed by atoms with E-state index in [0.717, 1.165) is 57.8 Å². The van der Waals surface area contributed by atoms with Crippen molar-refractivity contribution >= 4 is 5.91 Å². The molecule has 0 aromatic rings. The molecule has 0 saturated carbocycles. The van der Waals surface area contributed by atoms with Gasteiger partial charge < -0.3 is 89.9 Å². The summed E-state index contributed by atoms with van der Waals surface area (Å²) in [6.45, 7) is 1.83. The number of unbranched alkanes of at least 4 members (excludes halogenated alkanes) is 44. The zero-order valence-corrected chi connectivity index (χ0v) is 62.9. The molecule has 0 aromatic heterocycles. The predicted molar refractivity (Wildman–Crippen MR) is 397 cm³/mol. The zero-order chi connectivity index (χ0) is 72.5. The molecule has 0 aliphatic carbocycles. The van der Waals surface area contributed by atoms with Crippen LogP contribution in [0.4, 0.5) is 0 Å². The van der Waals surface area contributed by atoms with Crippen LogP contribution in [0.5, 0.6) is 0 Å². The lowest BCUT2D eigenvalue weighted by Crippen LogP contribution is -2.66. The SMILES string of the molecule is CCCCCCC/C=C\C/C=C\C/C=C\CCCCCCCCCCCCCCCCCCCCCCCCC(=O)NC(COC1OC(CO)C(OC2OC(CO)C(OC3OC(CO)C(O)C(O)C3O)C(O)C2O)C(O)C1O)C(O)CCCCCCCCCCCCCCCCCCCC. The van der Waals surface area contributed by atoms with E-state index in [9.17, 15) is 61.0 Å². The first-order valence-electron chi connectivity index (χ1n) is 41.2. The molecule has 19 nitrogen and oxygen atoms in total. The van der Waals surface area contributed by atoms with E-state index in [1.54, 1.807) is 0 Å². The number of nitrogens with one attached hydrogen (secondary N) is 1. The van der Waals surface area contributed by atoms with E-state index in [1.807, 2.05) is 0 Å². The number of amides is 1. The van der Waals surface area contributed by atoms with Gasteiger partial charge in [-0.05, 0) is 51.4 Å². The Morgan fingerprint density at radius 1 is 0.360 bits per heavy atom. The molecule has 17 unspecified atom stereocenters. The molecule has 3 aliphatic rings. The zero-order valence-electron chi connectivity index (χ0n) is 62.9. The first-order chi connectivity index (χ1) is 48.8. The fourth-order valence-electron chi connectivity index (χ4n) is 14.1. The molecule has 3 aliphatic heterocycles. The number of carbonyl (C=O) groups is 1. The summed E-state index contributed by atoms with van der Waals surface area (Å²) in [5, 5.41) is 121. The van der Waals surface area contributed by atoms with E-state index >= 15 is 0 Å². The average molecular weight is 1430 g/mol. The summed E-state index contributed by atoms with van der Waals surface area (Å²) in [4.78, 5) is 13.5. The molecule has 19 heteroatoms. The lowest BCUT2D eigenvalue weighted by atomic mass is 9.96. The maximum Gasteiger partial charge on any atom is 0.220 e. The second-order valence-electron chi connectivity index (χ2n) is 29.6. The van der Waals surface area contributed by atoms with E-state index in [2.05, 4.69) is 55.6 Å². The van der Waals surface area contributed by atoms with Gasteiger partial charge in [0.25, 0.3) is 0 Å². The number of hydrogen-bond donors (Lipinski definition) is 12. The van der Waals surface area contributed by atoms with Crippen molar-refractivity contribution in [1.82, 2.24) is 5.32 Å². The van der Waals surface area contributed by atoms with Gasteiger partial charge in [0.15, 0.2) is 18.9 Å². The summed E-state index contributed by atoms with van der Waals surface area (Å²) in [6.07, 6.45) is 49.6. The van der Waals surface area contributed by atoms with Crippen LogP contribution >= 0.6 is 0 Å². The highest BCUT2D eigenvalue weighted by Crippen LogP contribution is 2.33. The molecule has 0 radical (unpaired) electrons. The van der Waals surface area contributed by atoms with Crippen molar-refractivity contribution in [3.05, 3.63) is 36.5 Å². The average Bonchev–Trinajstić information content (AvgIpc) is 0.783. The molecule has 0 spiro atoms. The lowest BCUT2D eigenvalue weighted by molar-refractivity contribution is -0.379. The van der Waals surface area contributed by atoms with Gasteiger partial charge in [-0.2, -0.15) is 0 Å². The summed E-state index contributed by atoms with van der Waals surface area (Å²) in [5.41, 5.74) is 0. The minimum atomic E-state index is -1.97. The van der Waals surface area contributed by atoms with E-state index in [1.165, 1.54) is 250 Å². The molecule has 3 heterocycles. The molecule has 3 saturated heterocycles. The van der Waals surface area contributed by atoms with Gasteiger partial charge in [-0.1, -0.05) is 320 Å². The Morgan fingerprint density at radius 3 is 1.03 bits per heavy atom. The van der Waals surface area contributed by atoms with Gasteiger partial charge >= 0.3 is 0 Å². The van der Waals surface area contributed by atoms with Crippen LogP contribution in [0.15, 0.2) is 36.5 Å². The van der Waals surface area contributed by atoms with Crippen molar-refractivity contribution in [1.29, 1.82) is 0 Å². The largest absolute Gasteiger partial charge is 0.394 e. The van der Waals surface area contributed by atoms with Crippen LogP contribution in [0, 0.1) is 0 Å². The summed E-state index contributed by atoms with van der Waals surface area (Å²) in [6, 6.07) is -0.886. The van der Waals surface area contributed by atoms with E-state index in [0.29, 0.717) is 12.8 Å². The van der Waals surface area contributed by atoms with Crippen molar-refractivity contribution in [2.75, 3.05) is 26.4 Å². The van der Waals surface area contributed by atoms with Crippen LogP contribution in [-0.4, -0.2) is 193 Å². The molecular weight excluding hydrogens is 1270 g/mol. The Morgan fingerprint density at radius 2 is 0.660 bits per heavy atom. The van der Waals surface area contributed by atoms with Crippen LogP contribution in [0.25, 0.3) is 0 Å². The van der Waals surface area contributed by atoms with Gasteiger partial charge in [-0.15, -0.1) is 0 Å². The molecule has 0 bridgehead atoms. The molecule has 17 atom stereocenters. The number of carbonyl (C=O) groups excluding carboxylic acids is 1. The van der Waals surface area contributed by atoms with Crippen molar-refractivity contribution in [2.24, 2.45) is 0 Å². The maximum absolute atomic E-state index is 13.5. The first-order valence-corrected chi connectivity index (χ1v) is 41.2. The Bertz CT molecular complexity index is 1950. The smallest absolute Gasteiger partial charge is 0.220 e. The Hall–Kier alpha value is -1.99. The van der Waals surface area contributed by atoms with E-state index in [4.69, 9.17) is 28.4 Å². The summed E-state index contributed by atoms with van der Waals surface area (Å²) in [5.74, 6) is -0.236. The number of aliphatic hydroxyl groups is 11. The van der Waals surface area contributed by atoms with Crippen molar-refractivity contribution in [3.8, 4) is 0 Å². The highest BCUT2D eigenvalue weighted by molar-refractivity contribution is 5.76. The summed E-state index contributed by atoms with van der Waals surface area (Å²) < 4.78 is 34.5. The quantitative estimate of drug-likeness (QED) is 0.0199. The molecule has 3 fully saturated rings. The first kappa shape index (κ1) is 92.2. The van der Waals surface area contributed by atoms with Gasteiger partial charge in [-0.25, -0.2) is 0 Å². The molecular formula is C81H151NO18. The Balaban J connectivity index is 1.31. The minimum Gasteiger partial charge on any atom is -0.394 e. The van der Waals surface area contributed by atoms with Crippen LogP contribution < -0.4 is 5.32 Å². The third kappa shape index (κ3) is 41.8. The number of hydrogen-bond acceptors (Lipinski definition) is 18. The van der Waals surface area contributed by atoms with Crippen molar-refractivity contribution < 1.29 is 89.4 Å². The van der Waals surface area contributed by atoms with Crippen molar-refractivity contribution in [3.63, 3.8) is 0 Å². The van der Waals surface area contributed by atoms with Gasteiger partial charge in [-0.3, -0.25) is 4.79 Å². The fourth-order valence-corrected chi connectivity index (χ4v) is 14.1. The Labute approximate surface area is 606 Å². The van der Waals surface area contributed by atoms with Crippen LogP contribution in [-0.2, 0) is 33.2 Å². The monoisotopic (exact) mass is 1430 g/mol. The third-order valence-electron chi connectivity index (χ3n) is 20.7. The third-order valence-corrected chi connectivity index (χ3v) is 20.7. The van der Waals surface area contributed by atoms with Crippen LogP contribution in [0.1, 0.15) is 341 Å². The highest BCUT2D eigenvalue weighted by atomic mass is 16.8. The number of ether oxygens (including phenoxy) is 6. The van der Waals surface area contributed by atoms with Crippen LogP contribution in [0.2, 0.25) is 0 Å². The van der Waals surface area contributed by atoms with Crippen LogP contribution in [0.3, 0.4) is 0 Å². The highest BCUT2D eigenvalue weighted by Gasteiger charge is 2.54. The van der Waals surface area contributed by atoms with Crippen molar-refractivity contribution in [2.45, 2.75) is 446 Å². The van der Waals surface area contributed by atoms with Gasteiger partial charge in [0, 0.05) is 6.42 Å². The molecule has 1 amide bonds. The predicted octanol–water partition coefficient (Wildman–Crippen LogP) is 13.9. The van der Waals surface area contributed by atoms with Gasteiger partial charge in [0.05, 0.1) is 38.6 Å². The topological polar surface area (TPSA) is 307 Å². The number of aliphatic hydroxyl groups excluding tert-OH is 11. The minimum absolute atomic E-state index is 0.236. The maximum atomic E-state index is 13.5. The standard InChI is InChI=1S/C81H151NO18/c1-3-5-7-9-11-13-15-17-19-21-23-24-25-26-27-28-29-30-31-32-33-34-35-36-37-38-39-40-41-43-45-47-49-51-53-55-57-59-69(87)82-64(65(86)58-56-54-52-50-48-46-44-42-22-20-18-16-14-12-10-8-6-4-2)63-95-79-75(93)72(90)77(67(61-84)97-79)100-81-76(94)73(91)78(68(62-85)98-81)99-80-74(92)71(89)70(88)66(60-83)96-80/h15,17,21,23,25-26,64-68,70-81,83-86,88-94H,3-14,16,18-20,22,24,27-63H2,1-2H3,(H,82,87)/b17-15-,23-21-,26-25-. The van der Waals surface area contributed by atoms with E-state index < -0.39 is 124 Å². The molecule has 588 valence electrons. The second-order valence-corrected chi connectivity index (χ2v) is 29.6. The molecule has 12 N–H and O–H groups in total. The molecule has 100 heavy (non-hydrogen) atoms. The lowest BCUT2D eigenvalue weighted by Gasteiger charge is -2.48. The second kappa shape index (κ2) is 62.1. The van der Waals surface area contributed by atoms with Gasteiger partial charge in [0.1, 0.15) is 73.2 Å². The van der Waals surface area contributed by atoms with E-state index in [-0.39, 0.29) is 18.9 Å². The summed E-state index contributed by atoms with van der Waals surface area (Å²) >= 11 is 0. The molecule has 3 rings (SSSR count).